The zero-order valence-electron chi connectivity index (χ0n) is 11.3. The molecule has 1 saturated carbocycles. The Bertz CT molecular complexity index is 323. The Morgan fingerprint density at radius 1 is 1.24 bits per heavy atom. The van der Waals surface area contributed by atoms with Gasteiger partial charge in [-0.15, -0.1) is 0 Å². The summed E-state index contributed by atoms with van der Waals surface area (Å²) in [5.74, 6) is -1.38. The third kappa shape index (κ3) is 2.99. The molecule has 3 atom stereocenters. The van der Waals surface area contributed by atoms with Crippen molar-refractivity contribution < 1.29 is 14.7 Å². The molecule has 0 aromatic rings. The van der Waals surface area contributed by atoms with E-state index in [0.717, 1.165) is 6.42 Å². The molecule has 1 amide bonds. The molecule has 0 aromatic carbocycles. The number of rotatable bonds is 5. The van der Waals surface area contributed by atoms with Gasteiger partial charge >= 0.3 is 5.97 Å². The van der Waals surface area contributed by atoms with Gasteiger partial charge in [0.1, 0.15) is 0 Å². The van der Waals surface area contributed by atoms with E-state index in [1.165, 1.54) is 0 Å². The van der Waals surface area contributed by atoms with Gasteiger partial charge in [0.25, 0.3) is 0 Å². The summed E-state index contributed by atoms with van der Waals surface area (Å²) in [5, 5.41) is 11.9. The molecule has 0 aliphatic heterocycles. The topological polar surface area (TPSA) is 66.4 Å². The van der Waals surface area contributed by atoms with Crippen LogP contribution < -0.4 is 5.32 Å². The number of amides is 1. The van der Waals surface area contributed by atoms with Crippen LogP contribution in [0.3, 0.4) is 0 Å². The van der Waals surface area contributed by atoms with E-state index in [1.54, 1.807) is 0 Å². The molecule has 17 heavy (non-hydrogen) atoms. The SMILES string of the molecule is CC(C)CC(C)NC(=O)[C@H]1[C@@H](C(=O)O)C1(C)C. The van der Waals surface area contributed by atoms with Gasteiger partial charge < -0.3 is 10.4 Å². The molecule has 0 heterocycles. The van der Waals surface area contributed by atoms with Gasteiger partial charge in [-0.2, -0.15) is 0 Å². The number of carboxylic acids is 1. The van der Waals surface area contributed by atoms with E-state index in [0.29, 0.717) is 5.92 Å². The lowest BCUT2D eigenvalue weighted by atomic mass is 10.0. The highest BCUT2D eigenvalue weighted by Crippen LogP contribution is 2.58. The van der Waals surface area contributed by atoms with Crippen molar-refractivity contribution in [2.75, 3.05) is 0 Å². The molecular formula is C13H23NO3. The fourth-order valence-electron chi connectivity index (χ4n) is 2.69. The van der Waals surface area contributed by atoms with Crippen LogP contribution in [0.4, 0.5) is 0 Å². The monoisotopic (exact) mass is 241 g/mol. The number of carbonyl (C=O) groups is 2. The Labute approximate surface area is 103 Å². The summed E-state index contributed by atoms with van der Waals surface area (Å²) in [6.45, 7) is 9.84. The minimum Gasteiger partial charge on any atom is -0.481 e. The fraction of sp³-hybridized carbons (Fsp3) is 0.846. The lowest BCUT2D eigenvalue weighted by Crippen LogP contribution is -2.35. The molecule has 0 saturated heterocycles. The van der Waals surface area contributed by atoms with Crippen LogP contribution in [0.15, 0.2) is 0 Å². The Morgan fingerprint density at radius 3 is 2.12 bits per heavy atom. The molecule has 4 nitrogen and oxygen atoms in total. The molecule has 1 aliphatic rings. The van der Waals surface area contributed by atoms with E-state index in [1.807, 2.05) is 20.8 Å². The molecule has 0 aromatic heterocycles. The minimum atomic E-state index is -0.869. The summed E-state index contributed by atoms with van der Waals surface area (Å²) in [5.41, 5.74) is -0.409. The normalized spacial score (nSPS) is 27.6. The van der Waals surface area contributed by atoms with Gasteiger partial charge in [-0.05, 0) is 24.7 Å². The van der Waals surface area contributed by atoms with E-state index in [9.17, 15) is 9.59 Å². The molecule has 2 N–H and O–H groups in total. The van der Waals surface area contributed by atoms with E-state index >= 15 is 0 Å². The second kappa shape index (κ2) is 4.67. The molecule has 1 unspecified atom stereocenters. The first kappa shape index (κ1) is 14.0. The zero-order valence-corrected chi connectivity index (χ0v) is 11.3. The van der Waals surface area contributed by atoms with Crippen molar-refractivity contribution in [1.29, 1.82) is 0 Å². The lowest BCUT2D eigenvalue weighted by Gasteiger charge is -2.16. The van der Waals surface area contributed by atoms with Crippen LogP contribution in [-0.4, -0.2) is 23.0 Å². The molecule has 98 valence electrons. The van der Waals surface area contributed by atoms with Crippen LogP contribution in [0, 0.1) is 23.2 Å². The van der Waals surface area contributed by atoms with Crippen molar-refractivity contribution in [2.24, 2.45) is 23.2 Å². The highest BCUT2D eigenvalue weighted by Gasteiger charge is 2.65. The predicted octanol–water partition coefficient (Wildman–Crippen LogP) is 1.89. The van der Waals surface area contributed by atoms with Gasteiger partial charge in [0.15, 0.2) is 0 Å². The maximum absolute atomic E-state index is 12.0. The van der Waals surface area contributed by atoms with E-state index in [-0.39, 0.29) is 17.9 Å². The number of nitrogens with one attached hydrogen (secondary N) is 1. The Hall–Kier alpha value is -1.06. The summed E-state index contributed by atoms with van der Waals surface area (Å²) >= 11 is 0. The van der Waals surface area contributed by atoms with Gasteiger partial charge in [-0.3, -0.25) is 9.59 Å². The zero-order chi connectivity index (χ0) is 13.4. The highest BCUT2D eigenvalue weighted by atomic mass is 16.4. The molecule has 1 fully saturated rings. The Morgan fingerprint density at radius 2 is 1.76 bits per heavy atom. The smallest absolute Gasteiger partial charge is 0.307 e. The van der Waals surface area contributed by atoms with Gasteiger partial charge in [0.2, 0.25) is 5.91 Å². The van der Waals surface area contributed by atoms with Gasteiger partial charge in [0, 0.05) is 6.04 Å². The number of hydrogen-bond donors (Lipinski definition) is 2. The van der Waals surface area contributed by atoms with E-state index in [4.69, 9.17) is 5.11 Å². The molecule has 0 spiro atoms. The second-order valence-electron chi connectivity index (χ2n) is 6.15. The summed E-state index contributed by atoms with van der Waals surface area (Å²) in [6, 6.07) is 0.105. The number of aliphatic carboxylic acids is 1. The molecule has 1 rings (SSSR count). The average Bonchev–Trinajstić information content (AvgIpc) is 2.66. The van der Waals surface area contributed by atoms with Gasteiger partial charge in [0.05, 0.1) is 11.8 Å². The van der Waals surface area contributed by atoms with Crippen LogP contribution in [-0.2, 0) is 9.59 Å². The van der Waals surface area contributed by atoms with Crippen molar-refractivity contribution in [1.82, 2.24) is 5.32 Å². The minimum absolute atomic E-state index is 0.105. The third-order valence-corrected chi connectivity index (χ3v) is 3.59. The summed E-state index contributed by atoms with van der Waals surface area (Å²) in [4.78, 5) is 22.9. The van der Waals surface area contributed by atoms with Crippen LogP contribution in [0.5, 0.6) is 0 Å². The molecule has 4 heteroatoms. The number of carbonyl (C=O) groups excluding carboxylic acids is 1. The van der Waals surface area contributed by atoms with Crippen molar-refractivity contribution in [3.05, 3.63) is 0 Å². The number of hydrogen-bond acceptors (Lipinski definition) is 2. The third-order valence-electron chi connectivity index (χ3n) is 3.59. The largest absolute Gasteiger partial charge is 0.481 e. The van der Waals surface area contributed by atoms with Crippen molar-refractivity contribution in [2.45, 2.75) is 47.1 Å². The number of carboxylic acid groups (broad SMARTS) is 1. The maximum atomic E-state index is 12.0. The quantitative estimate of drug-likeness (QED) is 0.772. The van der Waals surface area contributed by atoms with Crippen LogP contribution in [0.25, 0.3) is 0 Å². The molecule has 0 radical (unpaired) electrons. The summed E-state index contributed by atoms with van der Waals surface area (Å²) in [7, 11) is 0. The predicted molar refractivity (Wildman–Crippen MR) is 65.5 cm³/mol. The Balaban J connectivity index is 2.53. The second-order valence-corrected chi connectivity index (χ2v) is 6.15. The molecule has 0 bridgehead atoms. The van der Waals surface area contributed by atoms with Crippen molar-refractivity contribution >= 4 is 11.9 Å². The van der Waals surface area contributed by atoms with Crippen LogP contribution >= 0.6 is 0 Å². The first-order valence-corrected chi connectivity index (χ1v) is 6.21. The molecular weight excluding hydrogens is 218 g/mol. The van der Waals surface area contributed by atoms with Crippen molar-refractivity contribution in [3.63, 3.8) is 0 Å². The Kier molecular flexibility index (Phi) is 3.84. The maximum Gasteiger partial charge on any atom is 0.307 e. The van der Waals surface area contributed by atoms with Gasteiger partial charge in [-0.1, -0.05) is 27.7 Å². The van der Waals surface area contributed by atoms with Crippen LogP contribution in [0.1, 0.15) is 41.0 Å². The lowest BCUT2D eigenvalue weighted by molar-refractivity contribution is -0.140. The average molecular weight is 241 g/mol. The summed E-state index contributed by atoms with van der Waals surface area (Å²) in [6.07, 6.45) is 0.913. The summed E-state index contributed by atoms with van der Waals surface area (Å²) < 4.78 is 0. The first-order valence-electron chi connectivity index (χ1n) is 6.21. The van der Waals surface area contributed by atoms with E-state index in [2.05, 4.69) is 19.2 Å². The van der Waals surface area contributed by atoms with Crippen LogP contribution in [0.2, 0.25) is 0 Å². The molecule has 1 aliphatic carbocycles. The highest BCUT2D eigenvalue weighted by molar-refractivity contribution is 5.91. The first-order chi connectivity index (χ1) is 7.67. The van der Waals surface area contributed by atoms with E-state index < -0.39 is 17.3 Å². The van der Waals surface area contributed by atoms with Crippen molar-refractivity contribution in [3.8, 4) is 0 Å². The fourth-order valence-corrected chi connectivity index (χ4v) is 2.69. The van der Waals surface area contributed by atoms with Gasteiger partial charge in [-0.25, -0.2) is 0 Å². The standard InChI is InChI=1S/C13H23NO3/c1-7(2)6-8(3)14-11(15)9-10(12(16)17)13(9,4)5/h7-10H,6H2,1-5H3,(H,14,15)(H,16,17)/t8?,9-,10+/m1/s1.